The van der Waals surface area contributed by atoms with Crippen molar-refractivity contribution in [1.82, 2.24) is 14.7 Å². The molecule has 2 aromatic heterocycles. The summed E-state index contributed by atoms with van der Waals surface area (Å²) in [4.78, 5) is 18.3. The van der Waals surface area contributed by atoms with Gasteiger partial charge in [-0.1, -0.05) is 18.2 Å². The van der Waals surface area contributed by atoms with Gasteiger partial charge in [-0.2, -0.15) is 18.4 Å². The van der Waals surface area contributed by atoms with Crippen LogP contribution in [0.15, 0.2) is 48.7 Å². The number of aromatic nitrogens is 2. The average Bonchev–Trinajstić information content (AvgIpc) is 3.24. The Bertz CT molecular complexity index is 1170. The number of nitrogens with one attached hydrogen (secondary N) is 1. The normalized spacial score (nSPS) is 18.8. The number of amides is 1. The zero-order valence-corrected chi connectivity index (χ0v) is 17.4. The minimum Gasteiger partial charge on any atom is -0.358 e. The Morgan fingerprint density at radius 1 is 1.16 bits per heavy atom. The molecule has 0 bridgehead atoms. The van der Waals surface area contributed by atoms with Crippen molar-refractivity contribution in [2.45, 2.75) is 43.9 Å². The molecule has 9 heteroatoms. The number of carbonyl (C=O) groups excluding carboxylic acids is 1. The highest BCUT2D eigenvalue weighted by Gasteiger charge is 2.34. The van der Waals surface area contributed by atoms with E-state index >= 15 is 0 Å². The predicted octanol–water partition coefficient (Wildman–Crippen LogP) is 4.40. The van der Waals surface area contributed by atoms with Gasteiger partial charge in [0.15, 0.2) is 5.69 Å². The predicted molar refractivity (Wildman–Crippen MR) is 113 cm³/mol. The molecular formula is C23H22F3N5O. The first-order valence-corrected chi connectivity index (χ1v) is 10.4. The first-order chi connectivity index (χ1) is 15.3. The van der Waals surface area contributed by atoms with Crippen molar-refractivity contribution in [3.8, 4) is 6.07 Å². The Balaban J connectivity index is 1.43. The second-order valence-electron chi connectivity index (χ2n) is 7.98. The number of hydrogen-bond donors (Lipinski definition) is 1. The van der Waals surface area contributed by atoms with E-state index in [2.05, 4.69) is 10.3 Å². The standard InChI is InChI=1S/C23H22F3N5O/c1-30(21-8-4-7-20-29-19(14-31(20)21)23(24,25)26)17-11-9-16(10-12-17)28-22(32)18-6-3-2-5-15(18)13-27/h2-8,14,16-17H,9-12H2,1H3,(H,28,32). The number of nitrogens with zero attached hydrogens (tertiary/aromatic N) is 4. The molecule has 0 unspecified atom stereocenters. The van der Waals surface area contributed by atoms with Crippen LogP contribution in [0.4, 0.5) is 19.0 Å². The maximum absolute atomic E-state index is 13.1. The summed E-state index contributed by atoms with van der Waals surface area (Å²) in [5.74, 6) is 0.378. The number of nitriles is 1. The molecule has 4 rings (SSSR count). The lowest BCUT2D eigenvalue weighted by Crippen LogP contribution is -2.43. The SMILES string of the molecule is CN(c1cccc2nc(C(F)(F)F)cn12)C1CCC(NC(=O)c2ccccc2C#N)CC1. The number of fused-ring (bicyclic) bond motifs is 1. The Hall–Kier alpha value is -3.54. The lowest BCUT2D eigenvalue weighted by atomic mass is 9.90. The second-order valence-corrected chi connectivity index (χ2v) is 7.98. The van der Waals surface area contributed by atoms with Gasteiger partial charge < -0.3 is 10.2 Å². The highest BCUT2D eigenvalue weighted by molar-refractivity contribution is 5.96. The summed E-state index contributed by atoms with van der Waals surface area (Å²) in [6, 6.07) is 13.9. The Kier molecular flexibility index (Phi) is 5.78. The summed E-state index contributed by atoms with van der Waals surface area (Å²) in [5, 5.41) is 12.2. The van der Waals surface area contributed by atoms with Crippen molar-refractivity contribution in [2.75, 3.05) is 11.9 Å². The van der Waals surface area contributed by atoms with Gasteiger partial charge in [0.2, 0.25) is 0 Å². The molecule has 1 amide bonds. The topological polar surface area (TPSA) is 73.4 Å². The number of alkyl halides is 3. The largest absolute Gasteiger partial charge is 0.434 e. The van der Waals surface area contributed by atoms with Crippen LogP contribution in [0.25, 0.3) is 5.65 Å². The fourth-order valence-electron chi connectivity index (χ4n) is 4.26. The summed E-state index contributed by atoms with van der Waals surface area (Å²) < 4.78 is 40.7. The molecule has 166 valence electrons. The minimum absolute atomic E-state index is 0.0141. The van der Waals surface area contributed by atoms with E-state index in [1.165, 1.54) is 4.40 Å². The molecule has 32 heavy (non-hydrogen) atoms. The number of anilines is 1. The molecule has 0 radical (unpaired) electrons. The maximum Gasteiger partial charge on any atom is 0.434 e. The van der Waals surface area contributed by atoms with Crippen molar-refractivity contribution < 1.29 is 18.0 Å². The Morgan fingerprint density at radius 2 is 1.88 bits per heavy atom. The van der Waals surface area contributed by atoms with Crippen LogP contribution in [0.5, 0.6) is 0 Å². The third-order valence-electron chi connectivity index (χ3n) is 5.99. The van der Waals surface area contributed by atoms with Gasteiger partial charge in [0, 0.05) is 25.3 Å². The number of imidazole rings is 1. The quantitative estimate of drug-likeness (QED) is 0.651. The van der Waals surface area contributed by atoms with E-state index < -0.39 is 11.9 Å². The van der Waals surface area contributed by atoms with E-state index in [9.17, 15) is 23.2 Å². The van der Waals surface area contributed by atoms with Crippen LogP contribution in [0.2, 0.25) is 0 Å². The van der Waals surface area contributed by atoms with E-state index in [4.69, 9.17) is 0 Å². The maximum atomic E-state index is 13.1. The van der Waals surface area contributed by atoms with Crippen LogP contribution in [-0.4, -0.2) is 34.4 Å². The minimum atomic E-state index is -4.50. The molecule has 1 aliphatic rings. The number of hydrogen-bond acceptors (Lipinski definition) is 4. The van der Waals surface area contributed by atoms with Crippen LogP contribution < -0.4 is 10.2 Å². The van der Waals surface area contributed by atoms with Gasteiger partial charge in [-0.3, -0.25) is 9.20 Å². The van der Waals surface area contributed by atoms with Crippen molar-refractivity contribution >= 4 is 17.4 Å². The average molecular weight is 441 g/mol. The highest BCUT2D eigenvalue weighted by Crippen LogP contribution is 2.31. The summed E-state index contributed by atoms with van der Waals surface area (Å²) in [7, 11) is 1.87. The molecule has 2 heterocycles. The zero-order chi connectivity index (χ0) is 22.9. The van der Waals surface area contributed by atoms with Crippen molar-refractivity contribution in [2.24, 2.45) is 0 Å². The molecule has 1 saturated carbocycles. The first kappa shape index (κ1) is 21.7. The van der Waals surface area contributed by atoms with E-state index in [1.807, 2.05) is 18.0 Å². The number of pyridine rings is 1. The molecule has 1 aromatic carbocycles. The lowest BCUT2D eigenvalue weighted by Gasteiger charge is -2.36. The summed E-state index contributed by atoms with van der Waals surface area (Å²) in [6.07, 6.45) is -0.439. The van der Waals surface area contributed by atoms with Crippen molar-refractivity contribution in [1.29, 1.82) is 5.26 Å². The number of carbonyl (C=O) groups is 1. The molecular weight excluding hydrogens is 419 g/mol. The van der Waals surface area contributed by atoms with E-state index in [0.29, 0.717) is 16.9 Å². The van der Waals surface area contributed by atoms with Gasteiger partial charge in [-0.05, 0) is 49.9 Å². The molecule has 0 atom stereocenters. The molecule has 1 aliphatic carbocycles. The molecule has 0 saturated heterocycles. The van der Waals surface area contributed by atoms with Crippen LogP contribution >= 0.6 is 0 Å². The summed E-state index contributed by atoms with van der Waals surface area (Å²) in [6.45, 7) is 0. The molecule has 6 nitrogen and oxygen atoms in total. The van der Waals surface area contributed by atoms with Gasteiger partial charge in [0.05, 0.1) is 17.2 Å². The van der Waals surface area contributed by atoms with Crippen molar-refractivity contribution in [3.05, 3.63) is 65.5 Å². The van der Waals surface area contributed by atoms with E-state index in [1.54, 1.807) is 42.5 Å². The number of benzene rings is 1. The lowest BCUT2D eigenvalue weighted by molar-refractivity contribution is -0.140. The van der Waals surface area contributed by atoms with Gasteiger partial charge >= 0.3 is 6.18 Å². The fourth-order valence-corrected chi connectivity index (χ4v) is 4.26. The number of halogens is 3. The highest BCUT2D eigenvalue weighted by atomic mass is 19.4. The Labute approximate surface area is 183 Å². The van der Waals surface area contributed by atoms with Crippen LogP contribution in [0, 0.1) is 11.3 Å². The molecule has 0 aliphatic heterocycles. The van der Waals surface area contributed by atoms with Crippen LogP contribution in [-0.2, 0) is 6.18 Å². The van der Waals surface area contributed by atoms with E-state index in [0.717, 1.165) is 31.9 Å². The third-order valence-corrected chi connectivity index (χ3v) is 5.99. The fraction of sp³-hybridized carbons (Fsp3) is 0.348. The Morgan fingerprint density at radius 3 is 2.56 bits per heavy atom. The van der Waals surface area contributed by atoms with Gasteiger partial charge in [0.1, 0.15) is 11.5 Å². The monoisotopic (exact) mass is 441 g/mol. The van der Waals surface area contributed by atoms with Gasteiger partial charge in [0.25, 0.3) is 5.91 Å². The number of rotatable bonds is 4. The second kappa shape index (κ2) is 8.54. The smallest absolute Gasteiger partial charge is 0.358 e. The van der Waals surface area contributed by atoms with Gasteiger partial charge in [-0.25, -0.2) is 4.98 Å². The molecule has 1 fully saturated rings. The first-order valence-electron chi connectivity index (χ1n) is 10.4. The molecule has 0 spiro atoms. The zero-order valence-electron chi connectivity index (χ0n) is 17.4. The summed E-state index contributed by atoms with van der Waals surface area (Å²) in [5.41, 5.74) is 0.0350. The molecule has 3 aromatic rings. The summed E-state index contributed by atoms with van der Waals surface area (Å²) >= 11 is 0. The molecule has 1 N–H and O–H groups in total. The van der Waals surface area contributed by atoms with Gasteiger partial charge in [-0.15, -0.1) is 0 Å². The third kappa shape index (κ3) is 4.26. The van der Waals surface area contributed by atoms with Crippen LogP contribution in [0.3, 0.4) is 0 Å². The van der Waals surface area contributed by atoms with E-state index in [-0.39, 0.29) is 23.6 Å². The van der Waals surface area contributed by atoms with Crippen molar-refractivity contribution in [3.63, 3.8) is 0 Å². The van der Waals surface area contributed by atoms with Crippen LogP contribution in [0.1, 0.15) is 47.3 Å².